The molecule has 1 aromatic rings. The molecule has 0 bridgehead atoms. The van der Waals surface area contributed by atoms with E-state index in [2.05, 4.69) is 25.6 Å². The molecule has 0 radical (unpaired) electrons. The molecule has 106 valence electrons. The number of rotatable bonds is 7. The van der Waals surface area contributed by atoms with Gasteiger partial charge in [-0.2, -0.15) is 0 Å². The number of thiophene rings is 1. The number of hydrogen-bond acceptors (Lipinski definition) is 3. The molecule has 0 aliphatic carbocycles. The van der Waals surface area contributed by atoms with E-state index in [1.165, 1.54) is 9.75 Å². The topological polar surface area (TPSA) is 29.5 Å². The Bertz CT molecular complexity index is 426. The van der Waals surface area contributed by atoms with Crippen LogP contribution in [0.25, 0.3) is 0 Å². The summed E-state index contributed by atoms with van der Waals surface area (Å²) in [5.41, 5.74) is 0. The number of ether oxygens (including phenoxy) is 1. The third-order valence-corrected chi connectivity index (χ3v) is 3.61. The number of amides is 1. The number of aryl methyl sites for hydroxylation is 1. The van der Waals surface area contributed by atoms with Crippen molar-refractivity contribution >= 4 is 17.2 Å². The van der Waals surface area contributed by atoms with E-state index in [0.717, 1.165) is 0 Å². The Balaban J connectivity index is 2.70. The van der Waals surface area contributed by atoms with Gasteiger partial charge >= 0.3 is 0 Å². The molecule has 0 saturated carbocycles. The van der Waals surface area contributed by atoms with Crippen molar-refractivity contribution in [1.82, 2.24) is 4.90 Å². The zero-order valence-electron chi connectivity index (χ0n) is 12.2. The lowest BCUT2D eigenvalue weighted by Crippen LogP contribution is -2.39. The summed E-state index contributed by atoms with van der Waals surface area (Å²) in [4.78, 5) is 16.6. The largest absolute Gasteiger partial charge is 0.366 e. The first-order valence-corrected chi connectivity index (χ1v) is 7.36. The number of hydrogen-bond donors (Lipinski definition) is 0. The predicted molar refractivity (Wildman–Crippen MR) is 80.4 cm³/mol. The molecule has 4 heteroatoms. The smallest absolute Gasteiger partial charge is 0.252 e. The van der Waals surface area contributed by atoms with Gasteiger partial charge in [0.15, 0.2) is 0 Å². The lowest BCUT2D eigenvalue weighted by molar-refractivity contribution is -0.145. The molecule has 0 unspecified atom stereocenters. The second-order valence-electron chi connectivity index (χ2n) is 4.85. The number of carbonyl (C=O) groups excluding carboxylic acids is 1. The molecule has 0 fully saturated rings. The lowest BCUT2D eigenvalue weighted by Gasteiger charge is -2.25. The molecule has 19 heavy (non-hydrogen) atoms. The lowest BCUT2D eigenvalue weighted by atomic mass is 10.3. The highest BCUT2D eigenvalue weighted by Crippen LogP contribution is 2.18. The van der Waals surface area contributed by atoms with Crippen LogP contribution < -0.4 is 0 Å². The van der Waals surface area contributed by atoms with Crippen molar-refractivity contribution in [3.05, 3.63) is 34.5 Å². The second-order valence-corrected chi connectivity index (χ2v) is 6.22. The summed E-state index contributed by atoms with van der Waals surface area (Å²) >= 11 is 1.72. The van der Waals surface area contributed by atoms with Gasteiger partial charge < -0.3 is 9.64 Å². The van der Waals surface area contributed by atoms with Crippen molar-refractivity contribution in [2.24, 2.45) is 0 Å². The highest BCUT2D eigenvalue weighted by molar-refractivity contribution is 7.11. The Hall–Kier alpha value is -1.13. The molecule has 1 amide bonds. The standard InChI is InChI=1S/C15H23NO2S/c1-6-9-16(10-14-8-7-12(4)19-14)15(17)13(5)18-11(2)3/h6-8,11,13H,1,9-10H2,2-5H3/t13-/m0/s1. The zero-order valence-corrected chi connectivity index (χ0v) is 13.0. The second kappa shape index (κ2) is 7.46. The highest BCUT2D eigenvalue weighted by Gasteiger charge is 2.21. The quantitative estimate of drug-likeness (QED) is 0.717. The molecule has 1 atom stereocenters. The van der Waals surface area contributed by atoms with Gasteiger partial charge in [0, 0.05) is 16.3 Å². The minimum absolute atomic E-state index is 0.0136. The Kier molecular flexibility index (Phi) is 6.25. The summed E-state index contributed by atoms with van der Waals surface area (Å²) in [6.45, 7) is 12.6. The van der Waals surface area contributed by atoms with Crippen LogP contribution in [-0.2, 0) is 16.1 Å². The van der Waals surface area contributed by atoms with Crippen LogP contribution in [0.15, 0.2) is 24.8 Å². The van der Waals surface area contributed by atoms with E-state index in [4.69, 9.17) is 4.74 Å². The predicted octanol–water partition coefficient (Wildman–Crippen LogP) is 3.38. The van der Waals surface area contributed by atoms with Crippen LogP contribution in [0.4, 0.5) is 0 Å². The molecule has 1 rings (SSSR count). The minimum atomic E-state index is -0.416. The van der Waals surface area contributed by atoms with E-state index in [1.54, 1.807) is 29.2 Å². The van der Waals surface area contributed by atoms with Crippen LogP contribution in [0.5, 0.6) is 0 Å². The van der Waals surface area contributed by atoms with Crippen molar-refractivity contribution in [1.29, 1.82) is 0 Å². The van der Waals surface area contributed by atoms with E-state index in [9.17, 15) is 4.79 Å². The summed E-state index contributed by atoms with van der Waals surface area (Å²) < 4.78 is 5.56. The van der Waals surface area contributed by atoms with Crippen molar-refractivity contribution in [3.8, 4) is 0 Å². The third-order valence-electron chi connectivity index (χ3n) is 2.63. The van der Waals surface area contributed by atoms with E-state index in [1.807, 2.05) is 13.8 Å². The third kappa shape index (κ3) is 5.17. The average molecular weight is 281 g/mol. The number of carbonyl (C=O) groups is 1. The molecule has 0 aliphatic heterocycles. The fraction of sp³-hybridized carbons (Fsp3) is 0.533. The Labute approximate surface area is 119 Å². The summed E-state index contributed by atoms with van der Waals surface area (Å²) in [6, 6.07) is 4.14. The van der Waals surface area contributed by atoms with Gasteiger partial charge in [-0.3, -0.25) is 4.79 Å². The first-order chi connectivity index (χ1) is 8.93. The Morgan fingerprint density at radius 3 is 2.63 bits per heavy atom. The SMILES string of the molecule is C=CCN(Cc1ccc(C)s1)C(=O)[C@H](C)OC(C)C. The summed E-state index contributed by atoms with van der Waals surface area (Å²) in [5.74, 6) is 0.0136. The summed E-state index contributed by atoms with van der Waals surface area (Å²) in [6.07, 6.45) is 1.38. The van der Waals surface area contributed by atoms with Crippen molar-refractivity contribution in [2.45, 2.75) is 46.4 Å². The molecule has 1 heterocycles. The van der Waals surface area contributed by atoms with Crippen LogP contribution >= 0.6 is 11.3 Å². The van der Waals surface area contributed by atoms with E-state index < -0.39 is 6.10 Å². The van der Waals surface area contributed by atoms with Gasteiger partial charge in [-0.05, 0) is 39.8 Å². The summed E-state index contributed by atoms with van der Waals surface area (Å²) in [5, 5.41) is 0. The van der Waals surface area contributed by atoms with Crippen molar-refractivity contribution < 1.29 is 9.53 Å². The van der Waals surface area contributed by atoms with E-state index >= 15 is 0 Å². The molecule has 3 nitrogen and oxygen atoms in total. The van der Waals surface area contributed by atoms with E-state index in [-0.39, 0.29) is 12.0 Å². The monoisotopic (exact) mass is 281 g/mol. The van der Waals surface area contributed by atoms with Gasteiger partial charge in [0.2, 0.25) is 0 Å². The maximum Gasteiger partial charge on any atom is 0.252 e. The number of nitrogens with zero attached hydrogens (tertiary/aromatic N) is 1. The molecule has 0 aliphatic rings. The molecule has 1 aromatic heterocycles. The van der Waals surface area contributed by atoms with Crippen molar-refractivity contribution in [3.63, 3.8) is 0 Å². The first kappa shape index (κ1) is 15.9. The van der Waals surface area contributed by atoms with Crippen molar-refractivity contribution in [2.75, 3.05) is 6.54 Å². The fourth-order valence-corrected chi connectivity index (χ4v) is 2.78. The maximum absolute atomic E-state index is 12.3. The van der Waals surface area contributed by atoms with Gasteiger partial charge in [-0.25, -0.2) is 0 Å². The summed E-state index contributed by atoms with van der Waals surface area (Å²) in [7, 11) is 0. The molecule has 0 N–H and O–H groups in total. The molecule has 0 saturated heterocycles. The van der Waals surface area contributed by atoms with Gasteiger partial charge in [-0.1, -0.05) is 6.08 Å². The van der Waals surface area contributed by atoms with Gasteiger partial charge in [0.25, 0.3) is 5.91 Å². The molecular formula is C15H23NO2S. The molecule has 0 spiro atoms. The van der Waals surface area contributed by atoms with Crippen LogP contribution in [-0.4, -0.2) is 29.6 Å². The van der Waals surface area contributed by atoms with Crippen LogP contribution in [0.3, 0.4) is 0 Å². The highest BCUT2D eigenvalue weighted by atomic mass is 32.1. The Morgan fingerprint density at radius 2 is 2.16 bits per heavy atom. The van der Waals surface area contributed by atoms with Gasteiger partial charge in [0.1, 0.15) is 6.10 Å². The Morgan fingerprint density at radius 1 is 1.47 bits per heavy atom. The van der Waals surface area contributed by atoms with Gasteiger partial charge in [-0.15, -0.1) is 17.9 Å². The van der Waals surface area contributed by atoms with E-state index in [0.29, 0.717) is 13.1 Å². The maximum atomic E-state index is 12.3. The van der Waals surface area contributed by atoms with Crippen LogP contribution in [0.1, 0.15) is 30.5 Å². The average Bonchev–Trinajstić information content (AvgIpc) is 2.72. The normalized spacial score (nSPS) is 12.5. The molecule has 0 aromatic carbocycles. The zero-order chi connectivity index (χ0) is 14.4. The van der Waals surface area contributed by atoms with Crippen LogP contribution in [0.2, 0.25) is 0 Å². The van der Waals surface area contributed by atoms with Gasteiger partial charge in [0.05, 0.1) is 12.6 Å². The minimum Gasteiger partial charge on any atom is -0.366 e. The molecular weight excluding hydrogens is 258 g/mol. The first-order valence-electron chi connectivity index (χ1n) is 6.54. The fourth-order valence-electron chi connectivity index (χ4n) is 1.87. The van der Waals surface area contributed by atoms with Crippen LogP contribution in [0, 0.1) is 6.92 Å².